The van der Waals surface area contributed by atoms with Crippen molar-refractivity contribution in [2.75, 3.05) is 17.7 Å². The third-order valence-corrected chi connectivity index (χ3v) is 8.58. The van der Waals surface area contributed by atoms with Gasteiger partial charge in [-0.3, -0.25) is 4.79 Å². The number of nitrogens with one attached hydrogen (secondary N) is 1. The van der Waals surface area contributed by atoms with Gasteiger partial charge < -0.3 is 14.6 Å². The number of carbonyl (C=O) groups is 1. The first-order valence-corrected chi connectivity index (χ1v) is 14.5. The van der Waals surface area contributed by atoms with Gasteiger partial charge in [0, 0.05) is 22.9 Å². The van der Waals surface area contributed by atoms with E-state index in [0.717, 1.165) is 72.9 Å². The largest absolute Gasteiger partial charge is 0.493 e. The van der Waals surface area contributed by atoms with Crippen LogP contribution in [0.1, 0.15) is 60.0 Å². The lowest BCUT2D eigenvalue weighted by atomic mass is 10.1. The summed E-state index contributed by atoms with van der Waals surface area (Å²) in [6.07, 6.45) is 6.88. The number of hydrogen-bond acceptors (Lipinski definition) is 7. The zero-order chi connectivity index (χ0) is 25.5. The van der Waals surface area contributed by atoms with E-state index in [2.05, 4.69) is 21.6 Å². The molecule has 0 atom stereocenters. The number of thioether (sulfide) groups is 1. The quantitative estimate of drug-likeness (QED) is 0.186. The van der Waals surface area contributed by atoms with Crippen LogP contribution in [0.2, 0.25) is 5.02 Å². The van der Waals surface area contributed by atoms with Crippen LogP contribution < -0.4 is 10.1 Å². The van der Waals surface area contributed by atoms with Crippen LogP contribution in [0.15, 0.2) is 23.4 Å². The van der Waals surface area contributed by atoms with Crippen LogP contribution in [-0.4, -0.2) is 33.0 Å². The molecule has 7 nitrogen and oxygen atoms in total. The molecule has 3 aromatic rings. The Morgan fingerprint density at radius 1 is 1.31 bits per heavy atom. The van der Waals surface area contributed by atoms with Gasteiger partial charge in [-0.05, 0) is 75.3 Å². The Bertz CT molecular complexity index is 1260. The number of aryl methyl sites for hydroxylation is 3. The molecule has 0 saturated carbocycles. The highest BCUT2D eigenvalue weighted by Gasteiger charge is 2.21. The Kier molecular flexibility index (Phi) is 9.30. The minimum atomic E-state index is -0.133. The third kappa shape index (κ3) is 6.41. The standard InChI is InChI=1S/C26H30ClN5O2S2/c1-3-32-23(10-7-13-34-21-12-11-18(27)14-17(21)2)30-31-26(32)35-16-24(33)29-25-20(15-28)19-8-5-4-6-9-22(19)36-25/h11-12,14H,3-10,13,16H2,1-2H3,(H,29,33). The second-order valence-electron chi connectivity index (χ2n) is 8.72. The van der Waals surface area contributed by atoms with Crippen LogP contribution >= 0.6 is 34.7 Å². The number of halogens is 1. The molecule has 0 saturated heterocycles. The highest BCUT2D eigenvalue weighted by Crippen LogP contribution is 2.37. The van der Waals surface area contributed by atoms with E-state index in [0.29, 0.717) is 22.2 Å². The molecule has 1 aliphatic carbocycles. The van der Waals surface area contributed by atoms with Gasteiger partial charge in [0.2, 0.25) is 5.91 Å². The van der Waals surface area contributed by atoms with E-state index in [9.17, 15) is 10.1 Å². The van der Waals surface area contributed by atoms with Crippen molar-refractivity contribution in [3.05, 3.63) is 50.6 Å². The number of rotatable bonds is 10. The number of anilines is 1. The fourth-order valence-electron chi connectivity index (χ4n) is 4.36. The lowest BCUT2D eigenvalue weighted by Gasteiger charge is -2.10. The maximum atomic E-state index is 12.7. The molecule has 1 amide bonds. The van der Waals surface area contributed by atoms with Crippen molar-refractivity contribution in [2.24, 2.45) is 0 Å². The molecule has 10 heteroatoms. The SMILES string of the molecule is CCn1c(CCCOc2ccc(Cl)cc2C)nnc1SCC(=O)Nc1sc2c(c1C#N)CCCCC2. The van der Waals surface area contributed by atoms with E-state index in [4.69, 9.17) is 16.3 Å². The van der Waals surface area contributed by atoms with Gasteiger partial charge in [0.05, 0.1) is 17.9 Å². The number of hydrogen-bond donors (Lipinski definition) is 1. The molecule has 0 aliphatic heterocycles. The summed E-state index contributed by atoms with van der Waals surface area (Å²) in [6.45, 7) is 5.31. The van der Waals surface area contributed by atoms with Gasteiger partial charge >= 0.3 is 0 Å². The van der Waals surface area contributed by atoms with Crippen molar-refractivity contribution in [3.63, 3.8) is 0 Å². The fraction of sp³-hybridized carbons (Fsp3) is 0.462. The van der Waals surface area contributed by atoms with Crippen molar-refractivity contribution in [1.29, 1.82) is 5.26 Å². The number of amides is 1. The molecule has 1 aromatic carbocycles. The van der Waals surface area contributed by atoms with Crippen LogP contribution in [-0.2, 0) is 30.6 Å². The van der Waals surface area contributed by atoms with Gasteiger partial charge in [-0.2, -0.15) is 5.26 Å². The maximum absolute atomic E-state index is 12.7. The molecule has 0 unspecified atom stereocenters. The van der Waals surface area contributed by atoms with Gasteiger partial charge in [0.1, 0.15) is 22.6 Å². The molecule has 1 N–H and O–H groups in total. The number of nitriles is 1. The number of ether oxygens (including phenoxy) is 1. The first-order chi connectivity index (χ1) is 17.5. The molecular formula is C26H30ClN5O2S2. The van der Waals surface area contributed by atoms with E-state index >= 15 is 0 Å². The zero-order valence-corrected chi connectivity index (χ0v) is 23.0. The number of fused-ring (bicyclic) bond motifs is 1. The Labute approximate surface area is 225 Å². The van der Waals surface area contributed by atoms with E-state index in [-0.39, 0.29) is 11.7 Å². The average Bonchev–Trinajstić information content (AvgIpc) is 3.32. The van der Waals surface area contributed by atoms with Gasteiger partial charge in [-0.25, -0.2) is 0 Å². The minimum absolute atomic E-state index is 0.133. The highest BCUT2D eigenvalue weighted by molar-refractivity contribution is 7.99. The van der Waals surface area contributed by atoms with Crippen LogP contribution in [0.4, 0.5) is 5.00 Å². The first kappa shape index (κ1) is 26.5. The average molecular weight is 544 g/mol. The molecular weight excluding hydrogens is 514 g/mol. The van der Waals surface area contributed by atoms with E-state index in [1.54, 1.807) is 11.3 Å². The number of thiophene rings is 1. The summed E-state index contributed by atoms with van der Waals surface area (Å²) in [5.41, 5.74) is 2.79. The Balaban J connectivity index is 1.30. The van der Waals surface area contributed by atoms with Crippen molar-refractivity contribution in [2.45, 2.75) is 70.5 Å². The number of carbonyl (C=O) groups excluding carboxylic acids is 1. The highest BCUT2D eigenvalue weighted by atomic mass is 35.5. The molecule has 4 rings (SSSR count). The molecule has 0 fully saturated rings. The lowest BCUT2D eigenvalue weighted by Crippen LogP contribution is -2.15. The number of nitrogens with zero attached hydrogens (tertiary/aromatic N) is 4. The van der Waals surface area contributed by atoms with Crippen molar-refractivity contribution >= 4 is 45.6 Å². The first-order valence-electron chi connectivity index (χ1n) is 12.3. The topological polar surface area (TPSA) is 92.8 Å². The van der Waals surface area contributed by atoms with E-state index < -0.39 is 0 Å². The molecule has 190 valence electrons. The van der Waals surface area contributed by atoms with Gasteiger partial charge in [0.15, 0.2) is 5.16 Å². The smallest absolute Gasteiger partial charge is 0.235 e. The molecule has 2 heterocycles. The third-order valence-electron chi connectivity index (χ3n) is 6.17. The monoisotopic (exact) mass is 543 g/mol. The summed E-state index contributed by atoms with van der Waals surface area (Å²) in [6, 6.07) is 7.92. The van der Waals surface area contributed by atoms with Crippen molar-refractivity contribution < 1.29 is 9.53 Å². The van der Waals surface area contributed by atoms with Crippen LogP contribution in [0.5, 0.6) is 5.75 Å². The predicted molar refractivity (Wildman–Crippen MR) is 145 cm³/mol. The van der Waals surface area contributed by atoms with Crippen LogP contribution in [0, 0.1) is 18.3 Å². The summed E-state index contributed by atoms with van der Waals surface area (Å²) in [5.74, 6) is 1.79. The second kappa shape index (κ2) is 12.6. The molecule has 0 spiro atoms. The molecule has 0 bridgehead atoms. The van der Waals surface area contributed by atoms with Crippen molar-refractivity contribution in [3.8, 4) is 11.8 Å². The summed E-state index contributed by atoms with van der Waals surface area (Å²) in [4.78, 5) is 14.0. The molecule has 2 aromatic heterocycles. The molecule has 0 radical (unpaired) electrons. The van der Waals surface area contributed by atoms with E-state index in [1.807, 2.05) is 36.6 Å². The zero-order valence-electron chi connectivity index (χ0n) is 20.6. The summed E-state index contributed by atoms with van der Waals surface area (Å²) >= 11 is 8.93. The predicted octanol–water partition coefficient (Wildman–Crippen LogP) is 6.20. The molecule has 36 heavy (non-hydrogen) atoms. The van der Waals surface area contributed by atoms with Crippen LogP contribution in [0.25, 0.3) is 0 Å². The van der Waals surface area contributed by atoms with Crippen molar-refractivity contribution in [1.82, 2.24) is 14.8 Å². The summed E-state index contributed by atoms with van der Waals surface area (Å²) in [5, 5.41) is 23.4. The summed E-state index contributed by atoms with van der Waals surface area (Å²) in [7, 11) is 0. The summed E-state index contributed by atoms with van der Waals surface area (Å²) < 4.78 is 7.93. The Morgan fingerprint density at radius 3 is 2.92 bits per heavy atom. The fourth-order valence-corrected chi connectivity index (χ4v) is 6.66. The number of benzene rings is 1. The Hall–Kier alpha value is -2.54. The van der Waals surface area contributed by atoms with Gasteiger partial charge in [-0.15, -0.1) is 21.5 Å². The van der Waals surface area contributed by atoms with Gasteiger partial charge in [-0.1, -0.05) is 29.8 Å². The second-order valence-corrected chi connectivity index (χ2v) is 11.2. The minimum Gasteiger partial charge on any atom is -0.493 e. The Morgan fingerprint density at radius 2 is 2.14 bits per heavy atom. The number of aromatic nitrogens is 3. The van der Waals surface area contributed by atoms with Gasteiger partial charge in [0.25, 0.3) is 0 Å². The maximum Gasteiger partial charge on any atom is 0.235 e. The normalized spacial score (nSPS) is 13.1. The van der Waals surface area contributed by atoms with E-state index in [1.165, 1.54) is 23.1 Å². The lowest BCUT2D eigenvalue weighted by molar-refractivity contribution is -0.113. The molecule has 1 aliphatic rings. The van der Waals surface area contributed by atoms with Crippen LogP contribution in [0.3, 0.4) is 0 Å².